The summed E-state index contributed by atoms with van der Waals surface area (Å²) < 4.78 is 1.74. The molecule has 3 aromatic rings. The summed E-state index contributed by atoms with van der Waals surface area (Å²) in [5.74, 6) is -0.469. The highest BCUT2D eigenvalue weighted by Gasteiger charge is 2.17. The number of rotatable bonds is 2. The second-order valence-electron chi connectivity index (χ2n) is 4.67. The molecule has 0 spiro atoms. The summed E-state index contributed by atoms with van der Waals surface area (Å²) in [5.41, 5.74) is 8.74. The molecule has 5 nitrogen and oxygen atoms in total. The largest absolute Gasteiger partial charge is 0.476 e. The predicted molar refractivity (Wildman–Crippen MR) is 76.7 cm³/mol. The van der Waals surface area contributed by atoms with E-state index in [1.165, 1.54) is 0 Å². The molecule has 0 atom stereocenters. The minimum absolute atomic E-state index is 0.00729. The number of fused-ring (bicyclic) bond motifs is 1. The number of nitrogens with two attached hydrogens (primary N) is 1. The molecule has 20 heavy (non-hydrogen) atoms. The lowest BCUT2D eigenvalue weighted by atomic mass is 10.1. The average Bonchev–Trinajstić information content (AvgIpc) is 2.78. The van der Waals surface area contributed by atoms with E-state index < -0.39 is 5.97 Å². The molecule has 100 valence electrons. The van der Waals surface area contributed by atoms with Gasteiger partial charge in [0.1, 0.15) is 5.82 Å². The van der Waals surface area contributed by atoms with Crippen molar-refractivity contribution < 1.29 is 9.90 Å². The Morgan fingerprint density at radius 3 is 2.60 bits per heavy atom. The van der Waals surface area contributed by atoms with Crippen LogP contribution in [0.1, 0.15) is 16.1 Å². The van der Waals surface area contributed by atoms with Crippen LogP contribution in [0.3, 0.4) is 0 Å². The minimum Gasteiger partial charge on any atom is -0.476 e. The van der Waals surface area contributed by atoms with Crippen molar-refractivity contribution >= 4 is 17.2 Å². The molecule has 2 aromatic heterocycles. The molecule has 0 aliphatic rings. The number of benzene rings is 1. The Labute approximate surface area is 115 Å². The summed E-state index contributed by atoms with van der Waals surface area (Å²) in [5, 5.41) is 9.26. The Morgan fingerprint density at radius 2 is 1.95 bits per heavy atom. The van der Waals surface area contributed by atoms with Gasteiger partial charge in [0.05, 0.1) is 5.52 Å². The zero-order valence-electron chi connectivity index (χ0n) is 10.9. The number of anilines is 1. The normalized spacial score (nSPS) is 10.8. The lowest BCUT2D eigenvalue weighted by molar-refractivity contribution is 0.0693. The number of imidazole rings is 1. The molecule has 0 saturated carbocycles. The fourth-order valence-corrected chi connectivity index (χ4v) is 2.16. The van der Waals surface area contributed by atoms with Crippen molar-refractivity contribution in [3.63, 3.8) is 0 Å². The quantitative estimate of drug-likeness (QED) is 0.747. The molecule has 0 fully saturated rings. The first kappa shape index (κ1) is 12.2. The van der Waals surface area contributed by atoms with Crippen LogP contribution in [0.4, 0.5) is 5.69 Å². The van der Waals surface area contributed by atoms with E-state index in [1.54, 1.807) is 22.7 Å². The van der Waals surface area contributed by atoms with Gasteiger partial charge >= 0.3 is 5.97 Å². The summed E-state index contributed by atoms with van der Waals surface area (Å²) in [6.45, 7) is 2.00. The number of carboxylic acid groups (broad SMARTS) is 1. The van der Waals surface area contributed by atoms with Crippen molar-refractivity contribution in [1.82, 2.24) is 9.38 Å². The van der Waals surface area contributed by atoms with Crippen LogP contribution in [0.25, 0.3) is 16.9 Å². The topological polar surface area (TPSA) is 80.6 Å². The average molecular weight is 267 g/mol. The van der Waals surface area contributed by atoms with E-state index in [9.17, 15) is 9.90 Å². The zero-order valence-corrected chi connectivity index (χ0v) is 10.9. The fourth-order valence-electron chi connectivity index (χ4n) is 2.16. The van der Waals surface area contributed by atoms with E-state index in [0.717, 1.165) is 11.1 Å². The highest BCUT2D eigenvalue weighted by atomic mass is 16.4. The molecule has 0 unspecified atom stereocenters. The third-order valence-corrected chi connectivity index (χ3v) is 3.18. The molecule has 2 heterocycles. The molecule has 0 aliphatic carbocycles. The van der Waals surface area contributed by atoms with Crippen molar-refractivity contribution in [3.05, 3.63) is 53.9 Å². The van der Waals surface area contributed by atoms with Crippen LogP contribution in [0.15, 0.2) is 42.6 Å². The van der Waals surface area contributed by atoms with Gasteiger partial charge in [0, 0.05) is 17.4 Å². The highest BCUT2D eigenvalue weighted by Crippen LogP contribution is 2.24. The van der Waals surface area contributed by atoms with Crippen LogP contribution in [0, 0.1) is 6.92 Å². The van der Waals surface area contributed by atoms with Gasteiger partial charge in [0.25, 0.3) is 0 Å². The molecule has 0 aliphatic heterocycles. The fraction of sp³-hybridized carbons (Fsp3) is 0.0667. The standard InChI is InChI=1S/C15H13N3O2/c1-9-2-4-10(5-3-9)14-17-13(15(19)20)12-8-11(16)6-7-18(12)14/h2-8H,16H2,1H3,(H,19,20). The van der Waals surface area contributed by atoms with Crippen LogP contribution in [0.2, 0.25) is 0 Å². The first-order chi connectivity index (χ1) is 9.56. The van der Waals surface area contributed by atoms with Crippen molar-refractivity contribution in [2.75, 3.05) is 5.73 Å². The van der Waals surface area contributed by atoms with E-state index >= 15 is 0 Å². The number of hydrogen-bond acceptors (Lipinski definition) is 3. The van der Waals surface area contributed by atoms with Gasteiger partial charge < -0.3 is 10.8 Å². The molecule has 0 saturated heterocycles. The van der Waals surface area contributed by atoms with Crippen LogP contribution in [0.5, 0.6) is 0 Å². The summed E-state index contributed by atoms with van der Waals surface area (Å²) in [6, 6.07) is 11.1. The number of carboxylic acids is 1. The molecule has 0 radical (unpaired) electrons. The van der Waals surface area contributed by atoms with Crippen LogP contribution >= 0.6 is 0 Å². The van der Waals surface area contributed by atoms with Gasteiger partial charge in [-0.1, -0.05) is 29.8 Å². The number of nitrogen functional groups attached to an aromatic ring is 1. The molecule has 0 bridgehead atoms. The molecule has 0 amide bonds. The predicted octanol–water partition coefficient (Wildman–Crippen LogP) is 2.59. The van der Waals surface area contributed by atoms with Crippen molar-refractivity contribution in [3.8, 4) is 11.4 Å². The van der Waals surface area contributed by atoms with Crippen molar-refractivity contribution in [1.29, 1.82) is 0 Å². The van der Waals surface area contributed by atoms with E-state index in [2.05, 4.69) is 4.98 Å². The monoisotopic (exact) mass is 267 g/mol. The zero-order chi connectivity index (χ0) is 14.3. The maximum Gasteiger partial charge on any atom is 0.356 e. The van der Waals surface area contributed by atoms with Crippen molar-refractivity contribution in [2.45, 2.75) is 6.92 Å². The van der Waals surface area contributed by atoms with Crippen LogP contribution in [-0.2, 0) is 0 Å². The van der Waals surface area contributed by atoms with Gasteiger partial charge in [-0.05, 0) is 19.1 Å². The molecule has 5 heteroatoms. The van der Waals surface area contributed by atoms with Gasteiger partial charge in [-0.25, -0.2) is 9.78 Å². The van der Waals surface area contributed by atoms with E-state index in [0.29, 0.717) is 17.0 Å². The summed E-state index contributed by atoms with van der Waals surface area (Å²) in [4.78, 5) is 15.5. The Kier molecular flexibility index (Phi) is 2.68. The van der Waals surface area contributed by atoms with Gasteiger partial charge in [-0.15, -0.1) is 0 Å². The number of pyridine rings is 1. The molecule has 3 rings (SSSR count). The second kappa shape index (κ2) is 4.38. The number of aryl methyl sites for hydroxylation is 1. The van der Waals surface area contributed by atoms with Crippen LogP contribution in [-0.4, -0.2) is 20.5 Å². The summed E-state index contributed by atoms with van der Waals surface area (Å²) in [6.07, 6.45) is 1.74. The van der Waals surface area contributed by atoms with Crippen LogP contribution < -0.4 is 5.73 Å². The smallest absolute Gasteiger partial charge is 0.356 e. The molecule has 3 N–H and O–H groups in total. The van der Waals surface area contributed by atoms with Gasteiger partial charge in [0.15, 0.2) is 5.69 Å². The molecule has 1 aromatic carbocycles. The second-order valence-corrected chi connectivity index (χ2v) is 4.67. The minimum atomic E-state index is -1.06. The molecular formula is C15H13N3O2. The third-order valence-electron chi connectivity index (χ3n) is 3.18. The van der Waals surface area contributed by atoms with E-state index in [1.807, 2.05) is 31.2 Å². The number of aromatic carboxylic acids is 1. The number of hydrogen-bond donors (Lipinski definition) is 2. The summed E-state index contributed by atoms with van der Waals surface area (Å²) >= 11 is 0. The van der Waals surface area contributed by atoms with E-state index in [4.69, 9.17) is 5.73 Å². The van der Waals surface area contributed by atoms with Crippen molar-refractivity contribution in [2.24, 2.45) is 0 Å². The summed E-state index contributed by atoms with van der Waals surface area (Å²) in [7, 11) is 0. The Bertz CT molecular complexity index is 804. The lowest BCUT2D eigenvalue weighted by Crippen LogP contribution is -1.97. The van der Waals surface area contributed by atoms with Gasteiger partial charge in [-0.3, -0.25) is 4.40 Å². The third kappa shape index (κ3) is 1.89. The van der Waals surface area contributed by atoms with Gasteiger partial charge in [0.2, 0.25) is 0 Å². The maximum atomic E-state index is 11.3. The van der Waals surface area contributed by atoms with Gasteiger partial charge in [-0.2, -0.15) is 0 Å². The Morgan fingerprint density at radius 1 is 1.25 bits per heavy atom. The Balaban J connectivity index is 2.31. The first-order valence-electron chi connectivity index (χ1n) is 6.14. The molecular weight excluding hydrogens is 254 g/mol. The SMILES string of the molecule is Cc1ccc(-c2nc(C(=O)O)c3cc(N)ccn23)cc1. The number of aromatic nitrogens is 2. The number of carbonyl (C=O) groups is 1. The first-order valence-corrected chi connectivity index (χ1v) is 6.14. The highest BCUT2D eigenvalue weighted by molar-refractivity contribution is 5.95. The Hall–Kier alpha value is -2.82. The lowest BCUT2D eigenvalue weighted by Gasteiger charge is -2.02. The maximum absolute atomic E-state index is 11.3. The number of nitrogens with zero attached hydrogens (tertiary/aromatic N) is 2. The van der Waals surface area contributed by atoms with E-state index in [-0.39, 0.29) is 5.69 Å².